The highest BCUT2D eigenvalue weighted by Crippen LogP contribution is 2.30. The Labute approximate surface area is 88.2 Å². The number of hydrogen-bond donors (Lipinski definition) is 0. The summed E-state index contributed by atoms with van der Waals surface area (Å²) >= 11 is 8.51. The second-order valence-electron chi connectivity index (χ2n) is 2.29. The maximum absolute atomic E-state index is 5.67. The Morgan fingerprint density at radius 1 is 1.54 bits per heavy atom. The minimum atomic E-state index is 0.510. The van der Waals surface area contributed by atoms with E-state index < -0.39 is 0 Å². The van der Waals surface area contributed by atoms with Crippen molar-refractivity contribution in [1.82, 2.24) is 9.97 Å². The third-order valence-corrected chi connectivity index (χ3v) is 3.35. The molecule has 0 spiro atoms. The molecule has 2 aromatic heterocycles. The fourth-order valence-electron chi connectivity index (χ4n) is 0.740. The van der Waals surface area contributed by atoms with Gasteiger partial charge in [-0.3, -0.25) is 0 Å². The zero-order valence-corrected chi connectivity index (χ0v) is 9.04. The van der Waals surface area contributed by atoms with E-state index in [4.69, 9.17) is 16.0 Å². The molecule has 2 aromatic rings. The van der Waals surface area contributed by atoms with Gasteiger partial charge in [0, 0.05) is 17.1 Å². The predicted octanol–water partition coefficient (Wildman–Crippen LogP) is 3.24. The van der Waals surface area contributed by atoms with Crippen LogP contribution in [0.5, 0.6) is 0 Å². The first-order valence-electron chi connectivity index (χ1n) is 3.45. The Kier molecular flexibility index (Phi) is 2.57. The predicted molar refractivity (Wildman–Crippen MR) is 52.5 cm³/mol. The van der Waals surface area contributed by atoms with Gasteiger partial charge in [0.25, 0.3) is 5.22 Å². The molecule has 68 valence electrons. The summed E-state index contributed by atoms with van der Waals surface area (Å²) in [6.07, 6.45) is 1.61. The zero-order chi connectivity index (χ0) is 9.26. The van der Waals surface area contributed by atoms with E-state index >= 15 is 0 Å². The molecule has 0 aliphatic rings. The Hall–Kier alpha value is -0.520. The van der Waals surface area contributed by atoms with Gasteiger partial charge >= 0.3 is 0 Å². The van der Waals surface area contributed by atoms with Crippen molar-refractivity contribution in [1.29, 1.82) is 0 Å². The largest absolute Gasteiger partial charge is 0.439 e. The van der Waals surface area contributed by atoms with E-state index in [0.29, 0.717) is 10.4 Å². The molecule has 2 heterocycles. The molecule has 0 bridgehead atoms. The molecule has 0 fully saturated rings. The minimum absolute atomic E-state index is 0.510. The molecule has 0 aromatic carbocycles. The maximum Gasteiger partial charge on any atom is 0.263 e. The van der Waals surface area contributed by atoms with E-state index in [-0.39, 0.29) is 0 Å². The normalized spacial score (nSPS) is 10.6. The van der Waals surface area contributed by atoms with Crippen molar-refractivity contribution in [3.05, 3.63) is 22.5 Å². The summed E-state index contributed by atoms with van der Waals surface area (Å²) in [6, 6.07) is 0. The van der Waals surface area contributed by atoms with Crippen LogP contribution in [0.1, 0.15) is 5.69 Å². The van der Waals surface area contributed by atoms with Crippen molar-refractivity contribution in [2.24, 2.45) is 0 Å². The van der Waals surface area contributed by atoms with Crippen LogP contribution in [0.2, 0.25) is 5.15 Å². The number of rotatable bonds is 2. The van der Waals surface area contributed by atoms with Gasteiger partial charge in [-0.2, -0.15) is 0 Å². The molecular formula is C7H5ClN2OS2. The lowest BCUT2D eigenvalue weighted by molar-refractivity contribution is 0.454. The van der Waals surface area contributed by atoms with E-state index in [2.05, 4.69) is 9.97 Å². The first kappa shape index (κ1) is 9.05. The lowest BCUT2D eigenvalue weighted by Gasteiger charge is -1.86. The second-order valence-corrected chi connectivity index (χ2v) is 4.74. The fourth-order valence-corrected chi connectivity index (χ4v) is 2.59. The Bertz CT molecular complexity index is 374. The number of aryl methyl sites for hydroxylation is 1. The molecule has 0 atom stereocenters. The summed E-state index contributed by atoms with van der Waals surface area (Å²) in [5, 5.41) is 2.89. The molecule has 13 heavy (non-hydrogen) atoms. The van der Waals surface area contributed by atoms with E-state index in [1.54, 1.807) is 11.6 Å². The highest BCUT2D eigenvalue weighted by Gasteiger charge is 2.06. The van der Waals surface area contributed by atoms with Crippen LogP contribution in [-0.2, 0) is 0 Å². The number of oxazole rings is 1. The van der Waals surface area contributed by atoms with Crippen molar-refractivity contribution in [3.63, 3.8) is 0 Å². The van der Waals surface area contributed by atoms with Crippen molar-refractivity contribution in [3.8, 4) is 0 Å². The average molecular weight is 233 g/mol. The molecule has 0 aliphatic heterocycles. The SMILES string of the molecule is Cc1coc(Sc2nc(Cl)cs2)n1. The van der Waals surface area contributed by atoms with Crippen molar-refractivity contribution in [2.75, 3.05) is 0 Å². The highest BCUT2D eigenvalue weighted by molar-refractivity contribution is 8.00. The smallest absolute Gasteiger partial charge is 0.263 e. The standard InChI is InChI=1S/C7H5ClN2OS2/c1-4-2-11-6(9-4)13-7-10-5(8)3-12-7/h2-3H,1H3. The lowest BCUT2D eigenvalue weighted by Crippen LogP contribution is -1.72. The van der Waals surface area contributed by atoms with E-state index in [1.165, 1.54) is 23.1 Å². The molecule has 2 rings (SSSR count). The van der Waals surface area contributed by atoms with Crippen molar-refractivity contribution >= 4 is 34.7 Å². The monoisotopic (exact) mass is 232 g/mol. The third kappa shape index (κ3) is 2.24. The third-order valence-electron chi connectivity index (χ3n) is 1.23. The van der Waals surface area contributed by atoms with Crippen LogP contribution >= 0.6 is 34.7 Å². The Morgan fingerprint density at radius 2 is 2.38 bits per heavy atom. The molecule has 6 heteroatoms. The summed E-state index contributed by atoms with van der Waals surface area (Å²) in [5.74, 6) is 0. The van der Waals surface area contributed by atoms with Gasteiger partial charge in [0.1, 0.15) is 11.4 Å². The van der Waals surface area contributed by atoms with E-state index in [1.807, 2.05) is 6.92 Å². The van der Waals surface area contributed by atoms with Crippen LogP contribution in [0.15, 0.2) is 25.6 Å². The summed E-state index contributed by atoms with van der Waals surface area (Å²) in [4.78, 5) is 8.20. The van der Waals surface area contributed by atoms with Gasteiger partial charge in [0.15, 0.2) is 4.34 Å². The van der Waals surface area contributed by atoms with Crippen LogP contribution in [0, 0.1) is 6.92 Å². The molecule has 3 nitrogen and oxygen atoms in total. The van der Waals surface area contributed by atoms with Gasteiger partial charge in [-0.25, -0.2) is 9.97 Å². The van der Waals surface area contributed by atoms with Gasteiger partial charge in [0.05, 0.1) is 5.69 Å². The van der Waals surface area contributed by atoms with E-state index in [0.717, 1.165) is 10.0 Å². The van der Waals surface area contributed by atoms with Gasteiger partial charge in [0.2, 0.25) is 0 Å². The number of aromatic nitrogens is 2. The summed E-state index contributed by atoms with van der Waals surface area (Å²) in [7, 11) is 0. The van der Waals surface area contributed by atoms with Crippen molar-refractivity contribution < 1.29 is 4.42 Å². The van der Waals surface area contributed by atoms with Crippen LogP contribution in [0.4, 0.5) is 0 Å². The fraction of sp³-hybridized carbons (Fsp3) is 0.143. The van der Waals surface area contributed by atoms with Crippen LogP contribution < -0.4 is 0 Å². The highest BCUT2D eigenvalue weighted by atomic mass is 35.5. The van der Waals surface area contributed by atoms with Crippen LogP contribution in [0.3, 0.4) is 0 Å². The van der Waals surface area contributed by atoms with Gasteiger partial charge in [-0.05, 0) is 6.92 Å². The molecule has 0 aliphatic carbocycles. The summed E-state index contributed by atoms with van der Waals surface area (Å²) in [5.41, 5.74) is 0.866. The quantitative estimate of drug-likeness (QED) is 0.797. The molecule has 0 radical (unpaired) electrons. The van der Waals surface area contributed by atoms with Crippen LogP contribution in [-0.4, -0.2) is 9.97 Å². The second kappa shape index (κ2) is 3.69. The average Bonchev–Trinajstić information content (AvgIpc) is 2.62. The molecule has 0 unspecified atom stereocenters. The molecular weight excluding hydrogens is 228 g/mol. The minimum Gasteiger partial charge on any atom is -0.439 e. The lowest BCUT2D eigenvalue weighted by atomic mass is 10.6. The molecule has 0 saturated carbocycles. The van der Waals surface area contributed by atoms with Crippen molar-refractivity contribution in [2.45, 2.75) is 16.5 Å². The Balaban J connectivity index is 2.14. The Morgan fingerprint density at radius 3 is 2.92 bits per heavy atom. The topological polar surface area (TPSA) is 38.9 Å². The molecule has 0 saturated heterocycles. The number of nitrogens with zero attached hydrogens (tertiary/aromatic N) is 2. The zero-order valence-electron chi connectivity index (χ0n) is 6.65. The first-order valence-corrected chi connectivity index (χ1v) is 5.52. The van der Waals surface area contributed by atoms with Gasteiger partial charge < -0.3 is 4.42 Å². The summed E-state index contributed by atoms with van der Waals surface area (Å²) < 4.78 is 5.99. The van der Waals surface area contributed by atoms with Gasteiger partial charge in [-0.15, -0.1) is 11.3 Å². The first-order chi connectivity index (χ1) is 6.24. The van der Waals surface area contributed by atoms with Gasteiger partial charge in [-0.1, -0.05) is 11.6 Å². The summed E-state index contributed by atoms with van der Waals surface area (Å²) in [6.45, 7) is 1.88. The van der Waals surface area contributed by atoms with E-state index in [9.17, 15) is 0 Å². The maximum atomic E-state index is 5.67. The number of hydrogen-bond acceptors (Lipinski definition) is 5. The van der Waals surface area contributed by atoms with Crippen LogP contribution in [0.25, 0.3) is 0 Å². The number of thiazole rings is 1. The molecule has 0 N–H and O–H groups in total. The molecule has 0 amide bonds. The number of halogens is 1.